The molecule has 18 heavy (non-hydrogen) atoms. The van der Waals surface area contributed by atoms with Crippen molar-refractivity contribution in [1.29, 1.82) is 0 Å². The third-order valence-electron chi connectivity index (χ3n) is 3.47. The minimum Gasteiger partial charge on any atom is -0.508 e. The molecule has 0 saturated carbocycles. The van der Waals surface area contributed by atoms with Crippen LogP contribution >= 0.6 is 0 Å². The summed E-state index contributed by atoms with van der Waals surface area (Å²) in [5.41, 5.74) is 0.646. The second kappa shape index (κ2) is 5.87. The molecule has 1 amide bonds. The molecule has 0 aliphatic carbocycles. The Hall–Kier alpha value is -1.55. The minimum atomic E-state index is 0.0596. The Kier molecular flexibility index (Phi) is 4.20. The van der Waals surface area contributed by atoms with Crippen LogP contribution in [0, 0.1) is 0 Å². The zero-order chi connectivity index (χ0) is 13.0. The van der Waals surface area contributed by atoms with Gasteiger partial charge in [-0.15, -0.1) is 0 Å². The van der Waals surface area contributed by atoms with Crippen molar-refractivity contribution in [2.75, 3.05) is 19.6 Å². The summed E-state index contributed by atoms with van der Waals surface area (Å²) in [5.74, 6) is 0.251. The first-order chi connectivity index (χ1) is 8.72. The third-order valence-corrected chi connectivity index (χ3v) is 3.47. The highest BCUT2D eigenvalue weighted by molar-refractivity contribution is 5.94. The van der Waals surface area contributed by atoms with Crippen molar-refractivity contribution in [3.63, 3.8) is 0 Å². The molecule has 0 spiro atoms. The summed E-state index contributed by atoms with van der Waals surface area (Å²) < 4.78 is 0. The number of phenols is 1. The predicted molar refractivity (Wildman–Crippen MR) is 70.7 cm³/mol. The molecule has 2 rings (SSSR count). The normalized spacial score (nSPS) is 16.5. The number of amides is 1. The molecular weight excluding hydrogens is 228 g/mol. The molecule has 1 aliphatic rings. The molecule has 0 unspecified atom stereocenters. The van der Waals surface area contributed by atoms with Gasteiger partial charge in [0.2, 0.25) is 0 Å². The van der Waals surface area contributed by atoms with Crippen LogP contribution in [-0.2, 0) is 0 Å². The molecule has 0 aromatic heterocycles. The van der Waals surface area contributed by atoms with Crippen molar-refractivity contribution in [2.45, 2.75) is 25.8 Å². The van der Waals surface area contributed by atoms with Crippen LogP contribution < -0.4 is 5.32 Å². The molecule has 1 saturated heterocycles. The van der Waals surface area contributed by atoms with Crippen molar-refractivity contribution >= 4 is 5.91 Å². The van der Waals surface area contributed by atoms with Gasteiger partial charge in [0.1, 0.15) is 5.75 Å². The monoisotopic (exact) mass is 248 g/mol. The van der Waals surface area contributed by atoms with E-state index in [1.807, 2.05) is 11.8 Å². The molecule has 1 aliphatic heterocycles. The number of nitrogens with zero attached hydrogens (tertiary/aromatic N) is 1. The van der Waals surface area contributed by atoms with Gasteiger partial charge >= 0.3 is 0 Å². The predicted octanol–water partition coefficient (Wildman–Crippen LogP) is 1.61. The smallest absolute Gasteiger partial charge is 0.254 e. The number of piperidine rings is 1. The van der Waals surface area contributed by atoms with Crippen molar-refractivity contribution < 1.29 is 9.90 Å². The Morgan fingerprint density at radius 2 is 1.94 bits per heavy atom. The maximum atomic E-state index is 12.4. The fourth-order valence-electron chi connectivity index (χ4n) is 2.46. The Bertz CT molecular complexity index is 397. The molecular formula is C14H20N2O2. The number of carbonyl (C=O) groups excluding carboxylic acids is 1. The molecule has 2 N–H and O–H groups in total. The topological polar surface area (TPSA) is 52.6 Å². The molecule has 0 bridgehead atoms. The highest BCUT2D eigenvalue weighted by Crippen LogP contribution is 2.17. The Morgan fingerprint density at radius 1 is 1.33 bits per heavy atom. The van der Waals surface area contributed by atoms with Crippen molar-refractivity contribution in [3.05, 3.63) is 29.8 Å². The van der Waals surface area contributed by atoms with Gasteiger partial charge in [0.25, 0.3) is 5.91 Å². The maximum Gasteiger partial charge on any atom is 0.254 e. The first-order valence-corrected chi connectivity index (χ1v) is 6.53. The van der Waals surface area contributed by atoms with Gasteiger partial charge < -0.3 is 15.3 Å². The average Bonchev–Trinajstić information content (AvgIpc) is 2.41. The van der Waals surface area contributed by atoms with Crippen LogP contribution in [0.4, 0.5) is 0 Å². The van der Waals surface area contributed by atoms with Crippen molar-refractivity contribution in [3.8, 4) is 5.75 Å². The molecule has 4 heteroatoms. The Labute approximate surface area is 108 Å². The lowest BCUT2D eigenvalue weighted by Gasteiger charge is -2.34. The largest absolute Gasteiger partial charge is 0.508 e. The fourth-order valence-corrected chi connectivity index (χ4v) is 2.46. The third kappa shape index (κ3) is 2.82. The molecule has 98 valence electrons. The SMILES string of the molecule is CCN(C(=O)c1ccc(O)cc1)C1CCNCC1. The Balaban J connectivity index is 2.11. The average molecular weight is 248 g/mol. The van der Waals surface area contributed by atoms with E-state index >= 15 is 0 Å². The van der Waals surface area contributed by atoms with Crippen molar-refractivity contribution in [2.24, 2.45) is 0 Å². The number of rotatable bonds is 3. The van der Waals surface area contributed by atoms with Crippen LogP contribution in [-0.4, -0.2) is 41.6 Å². The van der Waals surface area contributed by atoms with E-state index in [4.69, 9.17) is 0 Å². The van der Waals surface area contributed by atoms with Crippen LogP contribution in [0.5, 0.6) is 5.75 Å². The summed E-state index contributed by atoms with van der Waals surface area (Å²) in [5, 5.41) is 12.6. The molecule has 4 nitrogen and oxygen atoms in total. The van der Waals surface area contributed by atoms with Gasteiger partial charge in [-0.05, 0) is 57.1 Å². The quantitative estimate of drug-likeness (QED) is 0.854. The van der Waals surface area contributed by atoms with E-state index in [-0.39, 0.29) is 11.7 Å². The second-order valence-corrected chi connectivity index (χ2v) is 4.62. The molecule has 1 fully saturated rings. The highest BCUT2D eigenvalue weighted by atomic mass is 16.3. The molecule has 1 heterocycles. The van der Waals surface area contributed by atoms with E-state index in [9.17, 15) is 9.90 Å². The van der Waals surface area contributed by atoms with Gasteiger partial charge in [0.15, 0.2) is 0 Å². The summed E-state index contributed by atoms with van der Waals surface area (Å²) in [4.78, 5) is 14.3. The number of hydrogen-bond acceptors (Lipinski definition) is 3. The van der Waals surface area contributed by atoms with Crippen LogP contribution in [0.15, 0.2) is 24.3 Å². The van der Waals surface area contributed by atoms with E-state index in [0.717, 1.165) is 32.5 Å². The number of benzene rings is 1. The fraction of sp³-hybridized carbons (Fsp3) is 0.500. The van der Waals surface area contributed by atoms with Gasteiger partial charge in [-0.3, -0.25) is 4.79 Å². The maximum absolute atomic E-state index is 12.4. The lowest BCUT2D eigenvalue weighted by Crippen LogP contribution is -2.46. The number of phenolic OH excluding ortho intramolecular Hbond substituents is 1. The van der Waals surface area contributed by atoms with Gasteiger partial charge in [0, 0.05) is 18.2 Å². The van der Waals surface area contributed by atoms with Gasteiger partial charge in [-0.1, -0.05) is 0 Å². The van der Waals surface area contributed by atoms with Gasteiger partial charge in [-0.25, -0.2) is 0 Å². The lowest BCUT2D eigenvalue weighted by atomic mass is 10.0. The summed E-state index contributed by atoms with van der Waals surface area (Å²) in [6, 6.07) is 6.81. The van der Waals surface area contributed by atoms with Crippen LogP contribution in [0.2, 0.25) is 0 Å². The first kappa shape index (κ1) is 12.9. The Morgan fingerprint density at radius 3 is 2.50 bits per heavy atom. The molecule has 0 radical (unpaired) electrons. The summed E-state index contributed by atoms with van der Waals surface area (Å²) in [6.07, 6.45) is 2.02. The zero-order valence-corrected chi connectivity index (χ0v) is 10.7. The number of aromatic hydroxyl groups is 1. The van der Waals surface area contributed by atoms with E-state index in [1.165, 1.54) is 0 Å². The van der Waals surface area contributed by atoms with E-state index in [1.54, 1.807) is 24.3 Å². The van der Waals surface area contributed by atoms with E-state index in [2.05, 4.69) is 5.32 Å². The lowest BCUT2D eigenvalue weighted by molar-refractivity contribution is 0.0656. The van der Waals surface area contributed by atoms with Gasteiger partial charge in [-0.2, -0.15) is 0 Å². The van der Waals surface area contributed by atoms with E-state index in [0.29, 0.717) is 11.6 Å². The van der Waals surface area contributed by atoms with Crippen LogP contribution in [0.1, 0.15) is 30.1 Å². The highest BCUT2D eigenvalue weighted by Gasteiger charge is 2.24. The molecule has 1 aromatic carbocycles. The van der Waals surface area contributed by atoms with Crippen LogP contribution in [0.3, 0.4) is 0 Å². The van der Waals surface area contributed by atoms with Crippen LogP contribution in [0.25, 0.3) is 0 Å². The minimum absolute atomic E-state index is 0.0596. The summed E-state index contributed by atoms with van der Waals surface area (Å²) in [6.45, 7) is 4.69. The summed E-state index contributed by atoms with van der Waals surface area (Å²) in [7, 11) is 0. The van der Waals surface area contributed by atoms with Gasteiger partial charge in [0.05, 0.1) is 0 Å². The second-order valence-electron chi connectivity index (χ2n) is 4.62. The number of carbonyl (C=O) groups is 1. The zero-order valence-electron chi connectivity index (χ0n) is 10.7. The number of nitrogens with one attached hydrogen (secondary N) is 1. The summed E-state index contributed by atoms with van der Waals surface area (Å²) >= 11 is 0. The molecule has 0 atom stereocenters. The van der Waals surface area contributed by atoms with Crippen molar-refractivity contribution in [1.82, 2.24) is 10.2 Å². The van der Waals surface area contributed by atoms with E-state index < -0.39 is 0 Å². The number of hydrogen-bond donors (Lipinski definition) is 2. The standard InChI is InChI=1S/C14H20N2O2/c1-2-16(12-7-9-15-10-8-12)14(18)11-3-5-13(17)6-4-11/h3-6,12,15,17H,2,7-10H2,1H3. The molecule has 1 aromatic rings. The first-order valence-electron chi connectivity index (χ1n) is 6.53.